The predicted molar refractivity (Wildman–Crippen MR) is 95.3 cm³/mol. The number of carbonyl (C=O) groups excluding carboxylic acids is 1. The molecule has 1 aromatic rings. The van der Waals surface area contributed by atoms with Crippen molar-refractivity contribution < 1.29 is 22.7 Å². The van der Waals surface area contributed by atoms with E-state index in [4.69, 9.17) is 0 Å². The fourth-order valence-electron chi connectivity index (χ4n) is 3.59. The number of rotatable bonds is 5. The zero-order valence-electron chi connectivity index (χ0n) is 15.4. The largest absolute Gasteiger partial charge is 0.573 e. The van der Waals surface area contributed by atoms with Crippen LogP contribution in [0.15, 0.2) is 24.3 Å². The molecule has 0 bridgehead atoms. The Kier molecular flexibility index (Phi) is 6.59. The van der Waals surface area contributed by atoms with Crippen LogP contribution >= 0.6 is 0 Å². The summed E-state index contributed by atoms with van der Waals surface area (Å²) in [5.41, 5.74) is 0.947. The van der Waals surface area contributed by atoms with Crippen LogP contribution in [0, 0.1) is 0 Å². The summed E-state index contributed by atoms with van der Waals surface area (Å²) in [6.07, 6.45) is -1.24. The molecule has 2 fully saturated rings. The third kappa shape index (κ3) is 6.39. The second-order valence-electron chi connectivity index (χ2n) is 7.19. The van der Waals surface area contributed by atoms with Crippen molar-refractivity contribution in [3.05, 3.63) is 29.8 Å². The van der Waals surface area contributed by atoms with Crippen LogP contribution in [0.3, 0.4) is 0 Å². The Morgan fingerprint density at radius 2 is 1.48 bits per heavy atom. The molecule has 0 saturated carbocycles. The van der Waals surface area contributed by atoms with Gasteiger partial charge >= 0.3 is 6.36 Å². The number of hydrogen-bond donors (Lipinski definition) is 0. The van der Waals surface area contributed by atoms with Gasteiger partial charge in [0.05, 0.1) is 6.54 Å². The molecule has 1 aromatic carbocycles. The van der Waals surface area contributed by atoms with Crippen molar-refractivity contribution in [2.75, 3.05) is 45.8 Å². The first kappa shape index (κ1) is 19.9. The third-order valence-electron chi connectivity index (χ3n) is 5.10. The van der Waals surface area contributed by atoms with Crippen LogP contribution in [-0.2, 0) is 11.3 Å². The SMILES string of the molecule is O=C(CN1CCN(Cc2ccc(OC(F)(F)F)cc2)CC1)N1CCCCC1. The molecule has 0 atom stereocenters. The lowest BCUT2D eigenvalue weighted by Crippen LogP contribution is -2.50. The number of likely N-dealkylation sites (tertiary alicyclic amines) is 1. The maximum absolute atomic E-state index is 12.3. The van der Waals surface area contributed by atoms with Crippen molar-refractivity contribution in [3.8, 4) is 5.75 Å². The molecular formula is C19H26F3N3O2. The fourth-order valence-corrected chi connectivity index (χ4v) is 3.59. The molecule has 5 nitrogen and oxygen atoms in total. The molecular weight excluding hydrogens is 359 g/mol. The van der Waals surface area contributed by atoms with E-state index >= 15 is 0 Å². The van der Waals surface area contributed by atoms with Gasteiger partial charge in [-0.15, -0.1) is 13.2 Å². The third-order valence-corrected chi connectivity index (χ3v) is 5.10. The van der Waals surface area contributed by atoms with E-state index in [2.05, 4.69) is 14.5 Å². The number of piperazine rings is 1. The van der Waals surface area contributed by atoms with Gasteiger partial charge in [-0.3, -0.25) is 14.6 Å². The van der Waals surface area contributed by atoms with Crippen molar-refractivity contribution in [3.63, 3.8) is 0 Å². The minimum Gasteiger partial charge on any atom is -0.406 e. The first-order valence-electron chi connectivity index (χ1n) is 9.46. The number of halogens is 3. The van der Waals surface area contributed by atoms with Crippen molar-refractivity contribution >= 4 is 5.91 Å². The smallest absolute Gasteiger partial charge is 0.406 e. The van der Waals surface area contributed by atoms with Gasteiger partial charge in [0.25, 0.3) is 0 Å². The summed E-state index contributed by atoms with van der Waals surface area (Å²) in [7, 11) is 0. The quantitative estimate of drug-likeness (QED) is 0.781. The van der Waals surface area contributed by atoms with Gasteiger partial charge in [0.2, 0.25) is 5.91 Å². The Hall–Kier alpha value is -1.80. The Labute approximate surface area is 157 Å². The highest BCUT2D eigenvalue weighted by Crippen LogP contribution is 2.23. The monoisotopic (exact) mass is 385 g/mol. The minimum atomic E-state index is -4.66. The summed E-state index contributed by atoms with van der Waals surface area (Å²) >= 11 is 0. The number of nitrogens with zero attached hydrogens (tertiary/aromatic N) is 3. The van der Waals surface area contributed by atoms with Crippen LogP contribution in [0.25, 0.3) is 0 Å². The summed E-state index contributed by atoms with van der Waals surface area (Å²) in [4.78, 5) is 18.8. The van der Waals surface area contributed by atoms with Crippen molar-refractivity contribution in [1.82, 2.24) is 14.7 Å². The highest BCUT2D eigenvalue weighted by atomic mass is 19.4. The van der Waals surface area contributed by atoms with Crippen LogP contribution in [0.1, 0.15) is 24.8 Å². The van der Waals surface area contributed by atoms with E-state index in [0.717, 1.165) is 57.7 Å². The minimum absolute atomic E-state index is 0.202. The molecule has 2 heterocycles. The van der Waals surface area contributed by atoms with Gasteiger partial charge in [0.15, 0.2) is 0 Å². The molecule has 150 valence electrons. The van der Waals surface area contributed by atoms with Gasteiger partial charge in [-0.2, -0.15) is 0 Å². The second kappa shape index (κ2) is 8.93. The van der Waals surface area contributed by atoms with Crippen molar-refractivity contribution in [2.45, 2.75) is 32.2 Å². The highest BCUT2D eigenvalue weighted by Gasteiger charge is 2.31. The summed E-state index contributed by atoms with van der Waals surface area (Å²) < 4.78 is 40.5. The Morgan fingerprint density at radius 3 is 2.07 bits per heavy atom. The molecule has 1 amide bonds. The van der Waals surface area contributed by atoms with Gasteiger partial charge in [0, 0.05) is 45.8 Å². The van der Waals surface area contributed by atoms with Crippen LogP contribution in [0.5, 0.6) is 5.75 Å². The van der Waals surface area contributed by atoms with Crippen LogP contribution in [0.4, 0.5) is 13.2 Å². The number of benzene rings is 1. The highest BCUT2D eigenvalue weighted by molar-refractivity contribution is 5.78. The van der Waals surface area contributed by atoms with Gasteiger partial charge in [-0.1, -0.05) is 12.1 Å². The Bertz CT molecular complexity index is 608. The molecule has 0 aromatic heterocycles. The predicted octanol–water partition coefficient (Wildman–Crippen LogP) is 2.72. The zero-order valence-corrected chi connectivity index (χ0v) is 15.4. The van der Waals surface area contributed by atoms with E-state index in [0.29, 0.717) is 13.1 Å². The van der Waals surface area contributed by atoms with E-state index in [1.807, 2.05) is 4.90 Å². The normalized spacial score (nSPS) is 19.9. The summed E-state index contributed by atoms with van der Waals surface area (Å²) in [5.74, 6) is 0.0238. The first-order chi connectivity index (χ1) is 12.9. The van der Waals surface area contributed by atoms with Crippen LogP contribution in [0.2, 0.25) is 0 Å². The van der Waals surface area contributed by atoms with Crippen LogP contribution in [-0.4, -0.2) is 72.8 Å². The number of amides is 1. The van der Waals surface area contributed by atoms with E-state index in [1.54, 1.807) is 12.1 Å². The lowest BCUT2D eigenvalue weighted by Gasteiger charge is -2.36. The molecule has 3 rings (SSSR count). The molecule has 0 radical (unpaired) electrons. The molecule has 0 N–H and O–H groups in total. The summed E-state index contributed by atoms with van der Waals surface area (Å²) in [6.45, 7) is 6.27. The average molecular weight is 385 g/mol. The molecule has 27 heavy (non-hydrogen) atoms. The van der Waals surface area contributed by atoms with E-state index in [1.165, 1.54) is 18.6 Å². The zero-order chi connectivity index (χ0) is 19.3. The number of carbonyl (C=O) groups is 1. The fraction of sp³-hybridized carbons (Fsp3) is 0.632. The number of alkyl halides is 3. The molecule has 2 saturated heterocycles. The lowest BCUT2D eigenvalue weighted by atomic mass is 10.1. The van der Waals surface area contributed by atoms with Gasteiger partial charge in [-0.25, -0.2) is 0 Å². The molecule has 0 spiro atoms. The van der Waals surface area contributed by atoms with E-state index in [-0.39, 0.29) is 11.7 Å². The van der Waals surface area contributed by atoms with Gasteiger partial charge in [-0.05, 0) is 37.0 Å². The Balaban J connectivity index is 1.40. The average Bonchev–Trinajstić information content (AvgIpc) is 2.64. The molecule has 8 heteroatoms. The van der Waals surface area contributed by atoms with Crippen LogP contribution < -0.4 is 4.74 Å². The number of piperidine rings is 1. The summed E-state index contributed by atoms with van der Waals surface area (Å²) in [5, 5.41) is 0. The van der Waals surface area contributed by atoms with Crippen molar-refractivity contribution in [1.29, 1.82) is 0 Å². The molecule has 2 aliphatic rings. The lowest BCUT2D eigenvalue weighted by molar-refractivity contribution is -0.274. The second-order valence-corrected chi connectivity index (χ2v) is 7.19. The number of ether oxygens (including phenoxy) is 1. The topological polar surface area (TPSA) is 36.0 Å². The molecule has 0 aliphatic carbocycles. The summed E-state index contributed by atoms with van der Waals surface area (Å²) in [6, 6.07) is 6.01. The standard InChI is InChI=1S/C19H26F3N3O2/c20-19(21,22)27-17-6-4-16(5-7-17)14-23-10-12-24(13-11-23)15-18(26)25-8-2-1-3-9-25/h4-7H,1-3,8-15H2. The molecule has 2 aliphatic heterocycles. The van der Waals surface area contributed by atoms with E-state index < -0.39 is 6.36 Å². The van der Waals surface area contributed by atoms with Crippen molar-refractivity contribution in [2.24, 2.45) is 0 Å². The first-order valence-corrected chi connectivity index (χ1v) is 9.46. The number of hydrogen-bond acceptors (Lipinski definition) is 4. The Morgan fingerprint density at radius 1 is 0.889 bits per heavy atom. The van der Waals surface area contributed by atoms with E-state index in [9.17, 15) is 18.0 Å². The van der Waals surface area contributed by atoms with Gasteiger partial charge < -0.3 is 9.64 Å². The maximum atomic E-state index is 12.3. The molecule has 0 unspecified atom stereocenters. The van der Waals surface area contributed by atoms with Gasteiger partial charge in [0.1, 0.15) is 5.75 Å². The maximum Gasteiger partial charge on any atom is 0.573 e.